The summed E-state index contributed by atoms with van der Waals surface area (Å²) in [4.78, 5) is 16.5. The van der Waals surface area contributed by atoms with Crippen LogP contribution in [0, 0.1) is 0 Å². The van der Waals surface area contributed by atoms with Crippen molar-refractivity contribution < 1.29 is 4.79 Å². The van der Waals surface area contributed by atoms with E-state index in [0.717, 1.165) is 16.3 Å². The third kappa shape index (κ3) is 3.65. The van der Waals surface area contributed by atoms with E-state index in [1.807, 2.05) is 35.7 Å². The number of nitrogens with two attached hydrogens (primary N) is 1. The van der Waals surface area contributed by atoms with Crippen molar-refractivity contribution in [1.29, 1.82) is 0 Å². The first kappa shape index (κ1) is 14.7. The molecule has 1 atom stereocenters. The number of benzene rings is 1. The molecule has 1 amide bonds. The van der Waals surface area contributed by atoms with E-state index in [4.69, 9.17) is 5.73 Å². The zero-order chi connectivity index (χ0) is 14.5. The molecule has 0 saturated heterocycles. The molecule has 1 unspecified atom stereocenters. The van der Waals surface area contributed by atoms with Crippen LogP contribution in [0.15, 0.2) is 35.7 Å². The molecule has 20 heavy (non-hydrogen) atoms. The van der Waals surface area contributed by atoms with Gasteiger partial charge in [0.05, 0.1) is 12.2 Å². The summed E-state index contributed by atoms with van der Waals surface area (Å²) in [7, 11) is 0. The normalized spacial score (nSPS) is 12.4. The summed E-state index contributed by atoms with van der Waals surface area (Å²) < 4.78 is 0. The smallest absolute Gasteiger partial charge is 0.241 e. The lowest BCUT2D eigenvalue weighted by atomic mass is 10.1. The van der Waals surface area contributed by atoms with Crippen LogP contribution in [0.2, 0.25) is 0 Å². The fraction of sp³-hybridized carbons (Fsp3) is 0.333. The van der Waals surface area contributed by atoms with Gasteiger partial charge in [0, 0.05) is 5.38 Å². The van der Waals surface area contributed by atoms with E-state index in [1.54, 1.807) is 11.3 Å². The van der Waals surface area contributed by atoms with Gasteiger partial charge in [-0.1, -0.05) is 44.2 Å². The molecular formula is C15H19N3OS. The predicted molar refractivity (Wildman–Crippen MR) is 81.4 cm³/mol. The number of nitrogens with one attached hydrogen (secondary N) is 1. The summed E-state index contributed by atoms with van der Waals surface area (Å²) in [6.07, 6.45) is 0. The highest BCUT2D eigenvalue weighted by molar-refractivity contribution is 7.09. The number of amides is 1. The third-order valence-corrected chi connectivity index (χ3v) is 3.88. The highest BCUT2D eigenvalue weighted by atomic mass is 32.1. The average molecular weight is 289 g/mol. The second kappa shape index (κ2) is 6.63. The number of aromatic nitrogens is 1. The van der Waals surface area contributed by atoms with Gasteiger partial charge in [0.2, 0.25) is 5.91 Å². The molecule has 4 nitrogen and oxygen atoms in total. The molecule has 2 aromatic rings. The molecule has 1 heterocycles. The topological polar surface area (TPSA) is 68.0 Å². The highest BCUT2D eigenvalue weighted by Crippen LogP contribution is 2.17. The second-order valence-electron chi connectivity index (χ2n) is 4.93. The number of hydrogen-bond donors (Lipinski definition) is 2. The van der Waals surface area contributed by atoms with Crippen LogP contribution in [0.1, 0.15) is 42.1 Å². The molecule has 0 aliphatic rings. The van der Waals surface area contributed by atoms with Crippen LogP contribution in [0.25, 0.3) is 0 Å². The van der Waals surface area contributed by atoms with Gasteiger partial charge in [-0.2, -0.15) is 0 Å². The van der Waals surface area contributed by atoms with Gasteiger partial charge in [-0.05, 0) is 11.5 Å². The zero-order valence-electron chi connectivity index (χ0n) is 11.7. The molecule has 1 aromatic heterocycles. The second-order valence-corrected chi connectivity index (χ2v) is 5.87. The Morgan fingerprint density at radius 1 is 1.35 bits per heavy atom. The van der Waals surface area contributed by atoms with Gasteiger partial charge in [0.1, 0.15) is 11.0 Å². The van der Waals surface area contributed by atoms with Crippen molar-refractivity contribution >= 4 is 17.2 Å². The largest absolute Gasteiger partial charge is 0.348 e. The highest BCUT2D eigenvalue weighted by Gasteiger charge is 2.15. The average Bonchev–Trinajstić information content (AvgIpc) is 2.94. The maximum atomic E-state index is 12.0. The minimum atomic E-state index is -0.638. The summed E-state index contributed by atoms with van der Waals surface area (Å²) in [6, 6.07) is 8.71. The van der Waals surface area contributed by atoms with Gasteiger partial charge in [0.25, 0.3) is 0 Å². The van der Waals surface area contributed by atoms with Gasteiger partial charge in [0.15, 0.2) is 0 Å². The number of hydrogen-bond acceptors (Lipinski definition) is 4. The van der Waals surface area contributed by atoms with Gasteiger partial charge in [-0.25, -0.2) is 4.98 Å². The fourth-order valence-corrected chi connectivity index (χ4v) is 2.65. The molecule has 1 aromatic carbocycles. The van der Waals surface area contributed by atoms with Crippen LogP contribution >= 0.6 is 11.3 Å². The van der Waals surface area contributed by atoms with Crippen molar-refractivity contribution in [2.45, 2.75) is 32.4 Å². The maximum Gasteiger partial charge on any atom is 0.241 e. The van der Waals surface area contributed by atoms with E-state index in [2.05, 4.69) is 24.1 Å². The molecule has 5 heteroatoms. The van der Waals surface area contributed by atoms with E-state index < -0.39 is 6.04 Å². The molecular weight excluding hydrogens is 270 g/mol. The summed E-state index contributed by atoms with van der Waals surface area (Å²) in [5.41, 5.74) is 7.80. The molecule has 0 bridgehead atoms. The summed E-state index contributed by atoms with van der Waals surface area (Å²) in [5.74, 6) is 0.222. The van der Waals surface area contributed by atoms with Gasteiger partial charge in [-0.15, -0.1) is 11.3 Å². The molecule has 2 rings (SSSR count). The van der Waals surface area contributed by atoms with Crippen LogP contribution in [-0.4, -0.2) is 10.9 Å². The molecule has 0 spiro atoms. The van der Waals surface area contributed by atoms with E-state index >= 15 is 0 Å². The van der Waals surface area contributed by atoms with Crippen molar-refractivity contribution in [3.63, 3.8) is 0 Å². The Morgan fingerprint density at radius 2 is 2.05 bits per heavy atom. The monoisotopic (exact) mass is 289 g/mol. The first-order valence-corrected chi connectivity index (χ1v) is 7.48. The van der Waals surface area contributed by atoms with E-state index in [-0.39, 0.29) is 5.91 Å². The van der Waals surface area contributed by atoms with Crippen LogP contribution in [0.3, 0.4) is 0 Å². The van der Waals surface area contributed by atoms with Gasteiger partial charge < -0.3 is 11.1 Å². The zero-order valence-corrected chi connectivity index (χ0v) is 12.5. The van der Waals surface area contributed by atoms with Crippen LogP contribution in [-0.2, 0) is 11.3 Å². The lowest BCUT2D eigenvalue weighted by Gasteiger charge is -2.11. The standard InChI is InChI=1S/C15H19N3OS/c1-10(2)12-9-20-13(18-12)8-17-15(19)14(16)11-6-4-3-5-7-11/h3-7,9-10,14H,8,16H2,1-2H3,(H,17,19). The lowest BCUT2D eigenvalue weighted by molar-refractivity contribution is -0.122. The molecule has 0 aliphatic carbocycles. The molecule has 0 radical (unpaired) electrons. The SMILES string of the molecule is CC(C)c1csc(CNC(=O)C(N)c2ccccc2)n1. The van der Waals surface area contributed by atoms with Crippen molar-refractivity contribution in [2.24, 2.45) is 5.73 Å². The Labute approximate surface area is 123 Å². The first-order valence-electron chi connectivity index (χ1n) is 6.60. The van der Waals surface area contributed by atoms with Crippen molar-refractivity contribution in [3.05, 3.63) is 52.0 Å². The van der Waals surface area contributed by atoms with Gasteiger partial charge in [-0.3, -0.25) is 4.79 Å². The van der Waals surface area contributed by atoms with E-state index in [1.165, 1.54) is 0 Å². The van der Waals surface area contributed by atoms with Crippen LogP contribution in [0.5, 0.6) is 0 Å². The Bertz CT molecular complexity index is 566. The maximum absolute atomic E-state index is 12.0. The van der Waals surface area contributed by atoms with Crippen molar-refractivity contribution in [3.8, 4) is 0 Å². The summed E-state index contributed by atoms with van der Waals surface area (Å²) in [6.45, 7) is 4.63. The Kier molecular flexibility index (Phi) is 4.87. The third-order valence-electron chi connectivity index (χ3n) is 3.02. The minimum absolute atomic E-state index is 0.183. The molecule has 0 saturated carbocycles. The molecule has 0 aliphatic heterocycles. The predicted octanol–water partition coefficient (Wildman–Crippen LogP) is 2.58. The number of rotatable bonds is 5. The minimum Gasteiger partial charge on any atom is -0.348 e. The van der Waals surface area contributed by atoms with Gasteiger partial charge >= 0.3 is 0 Å². The summed E-state index contributed by atoms with van der Waals surface area (Å²) in [5, 5.41) is 5.77. The Balaban J connectivity index is 1.91. The number of thiazole rings is 1. The van der Waals surface area contributed by atoms with E-state index in [0.29, 0.717) is 12.5 Å². The van der Waals surface area contributed by atoms with Crippen molar-refractivity contribution in [1.82, 2.24) is 10.3 Å². The molecule has 106 valence electrons. The quantitative estimate of drug-likeness (QED) is 0.889. The van der Waals surface area contributed by atoms with Crippen molar-refractivity contribution in [2.75, 3.05) is 0 Å². The number of carbonyl (C=O) groups excluding carboxylic acids is 1. The molecule has 0 fully saturated rings. The number of carbonyl (C=O) groups is 1. The fourth-order valence-electron chi connectivity index (χ4n) is 1.76. The Hall–Kier alpha value is -1.72. The molecule has 3 N–H and O–H groups in total. The number of nitrogens with zero attached hydrogens (tertiary/aromatic N) is 1. The summed E-state index contributed by atoms with van der Waals surface area (Å²) >= 11 is 1.56. The van der Waals surface area contributed by atoms with Crippen LogP contribution < -0.4 is 11.1 Å². The van der Waals surface area contributed by atoms with E-state index in [9.17, 15) is 4.79 Å². The lowest BCUT2D eigenvalue weighted by Crippen LogP contribution is -2.33. The first-order chi connectivity index (χ1) is 9.58. The van der Waals surface area contributed by atoms with Crippen LogP contribution in [0.4, 0.5) is 0 Å². The Morgan fingerprint density at radius 3 is 2.65 bits per heavy atom.